The van der Waals surface area contributed by atoms with Crippen LogP contribution in [0.15, 0.2) is 28.8 Å². The van der Waals surface area contributed by atoms with Crippen LogP contribution in [0.5, 0.6) is 0 Å². The highest BCUT2D eigenvalue weighted by molar-refractivity contribution is 5.88. The standard InChI is InChI=1S/C13H10N2O5/c1-8-12(15(18)19)11(20-14-8)7-4-9-2-5-10(6-3-9)13(16)17/h2-7H,1H3,(H,16,17)/b7-4+. The van der Waals surface area contributed by atoms with Crippen LogP contribution in [0.4, 0.5) is 5.69 Å². The number of aromatic nitrogens is 1. The number of nitro groups is 1. The zero-order valence-corrected chi connectivity index (χ0v) is 10.4. The van der Waals surface area contributed by atoms with Crippen molar-refractivity contribution in [3.05, 3.63) is 57.0 Å². The Labute approximate surface area is 113 Å². The lowest BCUT2D eigenvalue weighted by Gasteiger charge is -1.95. The quantitative estimate of drug-likeness (QED) is 0.678. The van der Waals surface area contributed by atoms with Crippen molar-refractivity contribution in [3.63, 3.8) is 0 Å². The lowest BCUT2D eigenvalue weighted by atomic mass is 10.1. The molecule has 20 heavy (non-hydrogen) atoms. The fraction of sp³-hybridized carbons (Fsp3) is 0.0769. The summed E-state index contributed by atoms with van der Waals surface area (Å²) < 4.78 is 4.87. The van der Waals surface area contributed by atoms with E-state index in [1.807, 2.05) is 0 Å². The Kier molecular flexibility index (Phi) is 3.60. The highest BCUT2D eigenvalue weighted by Crippen LogP contribution is 2.24. The molecule has 0 spiro atoms. The summed E-state index contributed by atoms with van der Waals surface area (Å²) in [6.45, 7) is 1.49. The number of hydrogen-bond acceptors (Lipinski definition) is 5. The van der Waals surface area contributed by atoms with E-state index in [9.17, 15) is 14.9 Å². The predicted molar refractivity (Wildman–Crippen MR) is 70.2 cm³/mol. The highest BCUT2D eigenvalue weighted by atomic mass is 16.6. The largest absolute Gasteiger partial charge is 0.478 e. The Morgan fingerprint density at radius 2 is 2.00 bits per heavy atom. The van der Waals surface area contributed by atoms with E-state index >= 15 is 0 Å². The zero-order chi connectivity index (χ0) is 14.7. The van der Waals surface area contributed by atoms with Crippen molar-refractivity contribution >= 4 is 23.8 Å². The Balaban J connectivity index is 2.25. The van der Waals surface area contributed by atoms with E-state index in [0.29, 0.717) is 5.56 Å². The summed E-state index contributed by atoms with van der Waals surface area (Å²) in [4.78, 5) is 21.0. The number of aryl methyl sites for hydroxylation is 1. The number of nitrogens with zero attached hydrogens (tertiary/aromatic N) is 2. The predicted octanol–water partition coefficient (Wildman–Crippen LogP) is 2.76. The fourth-order valence-corrected chi connectivity index (χ4v) is 1.62. The SMILES string of the molecule is Cc1noc(/C=C/c2ccc(C(=O)O)cc2)c1[N+](=O)[O-]. The van der Waals surface area contributed by atoms with Crippen LogP contribution in [-0.2, 0) is 0 Å². The van der Waals surface area contributed by atoms with Crippen molar-refractivity contribution in [1.29, 1.82) is 0 Å². The van der Waals surface area contributed by atoms with Gasteiger partial charge in [-0.25, -0.2) is 4.79 Å². The average molecular weight is 274 g/mol. The summed E-state index contributed by atoms with van der Waals surface area (Å²) in [6, 6.07) is 6.08. The van der Waals surface area contributed by atoms with E-state index < -0.39 is 10.9 Å². The maximum Gasteiger partial charge on any atom is 0.338 e. The van der Waals surface area contributed by atoms with E-state index in [1.165, 1.54) is 25.1 Å². The lowest BCUT2D eigenvalue weighted by Crippen LogP contribution is -1.94. The first-order chi connectivity index (χ1) is 9.49. The van der Waals surface area contributed by atoms with E-state index in [1.54, 1.807) is 18.2 Å². The smallest absolute Gasteiger partial charge is 0.338 e. The summed E-state index contributed by atoms with van der Waals surface area (Å²) in [5.41, 5.74) is 0.890. The van der Waals surface area contributed by atoms with Crippen LogP contribution in [0.2, 0.25) is 0 Å². The first-order valence-corrected chi connectivity index (χ1v) is 5.61. The van der Waals surface area contributed by atoms with Crippen molar-refractivity contribution in [1.82, 2.24) is 5.16 Å². The lowest BCUT2D eigenvalue weighted by molar-refractivity contribution is -0.386. The molecule has 0 atom stereocenters. The van der Waals surface area contributed by atoms with Gasteiger partial charge in [-0.3, -0.25) is 10.1 Å². The van der Waals surface area contributed by atoms with Crippen LogP contribution in [-0.4, -0.2) is 21.2 Å². The van der Waals surface area contributed by atoms with E-state index in [0.717, 1.165) is 0 Å². The van der Waals surface area contributed by atoms with Gasteiger partial charge in [0.15, 0.2) is 5.69 Å². The van der Waals surface area contributed by atoms with Gasteiger partial charge in [0.25, 0.3) is 0 Å². The van der Waals surface area contributed by atoms with E-state index in [4.69, 9.17) is 9.63 Å². The van der Waals surface area contributed by atoms with Gasteiger partial charge >= 0.3 is 11.7 Å². The second-order valence-corrected chi connectivity index (χ2v) is 4.00. The minimum absolute atomic E-state index is 0.0508. The van der Waals surface area contributed by atoms with Crippen molar-refractivity contribution in [2.24, 2.45) is 0 Å². The molecule has 7 nitrogen and oxygen atoms in total. The Morgan fingerprint density at radius 3 is 2.55 bits per heavy atom. The molecular weight excluding hydrogens is 264 g/mol. The molecule has 0 radical (unpaired) electrons. The molecular formula is C13H10N2O5. The van der Waals surface area contributed by atoms with E-state index in [2.05, 4.69) is 5.16 Å². The molecule has 102 valence electrons. The molecule has 0 aliphatic carbocycles. The molecule has 0 saturated heterocycles. The third-order valence-electron chi connectivity index (χ3n) is 2.62. The molecule has 0 saturated carbocycles. The molecule has 0 amide bonds. The molecule has 0 fully saturated rings. The van der Waals surface area contributed by atoms with Crippen LogP contribution >= 0.6 is 0 Å². The first-order valence-electron chi connectivity index (χ1n) is 5.61. The van der Waals surface area contributed by atoms with Gasteiger partial charge in [-0.1, -0.05) is 23.4 Å². The van der Waals surface area contributed by atoms with Crippen LogP contribution < -0.4 is 0 Å². The number of carbonyl (C=O) groups is 1. The maximum atomic E-state index is 10.8. The number of hydrogen-bond donors (Lipinski definition) is 1. The van der Waals surface area contributed by atoms with Gasteiger partial charge in [-0.15, -0.1) is 0 Å². The number of carboxylic acids is 1. The highest BCUT2D eigenvalue weighted by Gasteiger charge is 2.21. The Morgan fingerprint density at radius 1 is 1.35 bits per heavy atom. The molecule has 1 aromatic heterocycles. The molecule has 0 aliphatic rings. The fourth-order valence-electron chi connectivity index (χ4n) is 1.62. The van der Waals surface area contributed by atoms with Gasteiger partial charge < -0.3 is 9.63 Å². The van der Waals surface area contributed by atoms with Gasteiger partial charge in [0.2, 0.25) is 5.76 Å². The van der Waals surface area contributed by atoms with Crippen molar-refractivity contribution in [2.45, 2.75) is 6.92 Å². The van der Waals surface area contributed by atoms with Crippen LogP contribution in [0, 0.1) is 17.0 Å². The number of benzene rings is 1. The van der Waals surface area contributed by atoms with Crippen molar-refractivity contribution in [3.8, 4) is 0 Å². The summed E-state index contributed by atoms with van der Waals surface area (Å²) in [5, 5.41) is 23.2. The normalized spacial score (nSPS) is 10.8. The zero-order valence-electron chi connectivity index (χ0n) is 10.4. The molecule has 1 aromatic carbocycles. The van der Waals surface area contributed by atoms with Crippen molar-refractivity contribution < 1.29 is 19.3 Å². The van der Waals surface area contributed by atoms with E-state index in [-0.39, 0.29) is 22.7 Å². The molecule has 2 rings (SSSR count). The minimum Gasteiger partial charge on any atom is -0.478 e. The average Bonchev–Trinajstić information content (AvgIpc) is 2.78. The second-order valence-electron chi connectivity index (χ2n) is 4.00. The van der Waals surface area contributed by atoms with Crippen LogP contribution in [0.25, 0.3) is 12.2 Å². The summed E-state index contributed by atoms with van der Waals surface area (Å²) in [7, 11) is 0. The third kappa shape index (κ3) is 2.72. The molecule has 0 bridgehead atoms. The number of carboxylic acid groups (broad SMARTS) is 1. The molecule has 0 unspecified atom stereocenters. The van der Waals surface area contributed by atoms with Crippen LogP contribution in [0.1, 0.15) is 27.4 Å². The number of aromatic carboxylic acids is 1. The Bertz CT molecular complexity index is 685. The molecule has 7 heteroatoms. The Hall–Kier alpha value is -2.96. The van der Waals surface area contributed by atoms with Gasteiger partial charge in [0.1, 0.15) is 0 Å². The molecule has 1 N–H and O–H groups in total. The van der Waals surface area contributed by atoms with Crippen molar-refractivity contribution in [2.75, 3.05) is 0 Å². The third-order valence-corrected chi connectivity index (χ3v) is 2.62. The summed E-state index contributed by atoms with van der Waals surface area (Å²) in [6.07, 6.45) is 3.01. The first kappa shape index (κ1) is 13.5. The minimum atomic E-state index is -1.01. The van der Waals surface area contributed by atoms with Gasteiger partial charge in [-0.2, -0.15) is 0 Å². The monoisotopic (exact) mass is 274 g/mol. The molecule has 1 heterocycles. The molecule has 0 aliphatic heterocycles. The summed E-state index contributed by atoms with van der Waals surface area (Å²) in [5.74, 6) is -0.961. The van der Waals surface area contributed by atoms with Gasteiger partial charge in [0, 0.05) is 0 Å². The number of rotatable bonds is 4. The second kappa shape index (κ2) is 5.35. The van der Waals surface area contributed by atoms with Crippen LogP contribution in [0.3, 0.4) is 0 Å². The molecule has 2 aromatic rings. The van der Waals surface area contributed by atoms with Gasteiger partial charge in [0.05, 0.1) is 10.5 Å². The maximum absolute atomic E-state index is 10.8. The van der Waals surface area contributed by atoms with Gasteiger partial charge in [-0.05, 0) is 30.7 Å². The topological polar surface area (TPSA) is 106 Å². The summed E-state index contributed by atoms with van der Waals surface area (Å²) >= 11 is 0.